The molecule has 0 radical (unpaired) electrons. The van der Waals surface area contributed by atoms with Crippen LogP contribution in [0.5, 0.6) is 0 Å². The molecular weight excluding hydrogens is 524 g/mol. The van der Waals surface area contributed by atoms with Crippen molar-refractivity contribution < 1.29 is 23.9 Å². The highest BCUT2D eigenvalue weighted by atomic mass is 16.6. The number of nitrogens with one attached hydrogen (secondary N) is 1. The first-order valence-corrected chi connectivity index (χ1v) is 14.9. The fraction of sp³-hybridized carbons (Fsp3) is 0.667. The number of nitrogens with zero attached hydrogens (tertiary/aromatic N) is 5. The second-order valence-corrected chi connectivity index (χ2v) is 13.0. The van der Waals surface area contributed by atoms with Crippen molar-refractivity contribution in [3.63, 3.8) is 0 Å². The lowest BCUT2D eigenvalue weighted by Crippen LogP contribution is -2.66. The van der Waals surface area contributed by atoms with Crippen LogP contribution >= 0.6 is 0 Å². The smallest absolute Gasteiger partial charge is 0.410 e. The van der Waals surface area contributed by atoms with Crippen LogP contribution in [0.1, 0.15) is 58.1 Å². The maximum Gasteiger partial charge on any atom is 0.410 e. The molecule has 41 heavy (non-hydrogen) atoms. The maximum absolute atomic E-state index is 12.7. The highest BCUT2D eigenvalue weighted by Gasteiger charge is 2.42. The van der Waals surface area contributed by atoms with Crippen molar-refractivity contribution in [3.05, 3.63) is 23.9 Å². The van der Waals surface area contributed by atoms with Gasteiger partial charge in [-0.05, 0) is 52.0 Å². The first-order valence-electron chi connectivity index (χ1n) is 14.9. The Bertz CT molecular complexity index is 1310. The summed E-state index contributed by atoms with van der Waals surface area (Å²) in [6.07, 6.45) is 2.77. The summed E-state index contributed by atoms with van der Waals surface area (Å²) in [4.78, 5) is 43.9. The van der Waals surface area contributed by atoms with Gasteiger partial charge >= 0.3 is 6.09 Å². The van der Waals surface area contributed by atoms with Crippen molar-refractivity contribution in [2.75, 3.05) is 50.8 Å². The molecule has 6 rings (SSSR count). The molecule has 5 heterocycles. The molecule has 0 spiro atoms. The van der Waals surface area contributed by atoms with Crippen molar-refractivity contribution in [2.24, 2.45) is 13.0 Å². The van der Waals surface area contributed by atoms with Gasteiger partial charge in [-0.1, -0.05) is 12.1 Å². The summed E-state index contributed by atoms with van der Waals surface area (Å²) in [6.45, 7) is 11.2. The van der Waals surface area contributed by atoms with Gasteiger partial charge in [0.1, 0.15) is 5.60 Å². The molecule has 0 aliphatic carbocycles. The van der Waals surface area contributed by atoms with E-state index in [-0.39, 0.29) is 30.0 Å². The Hall–Kier alpha value is -3.18. The Morgan fingerprint density at radius 2 is 1.80 bits per heavy atom. The van der Waals surface area contributed by atoms with Crippen LogP contribution in [0.15, 0.2) is 18.2 Å². The van der Waals surface area contributed by atoms with Crippen molar-refractivity contribution >= 4 is 34.5 Å². The molecule has 3 amide bonds. The molecule has 2 bridgehead atoms. The molecule has 4 saturated heterocycles. The monoisotopic (exact) mass is 566 g/mol. The van der Waals surface area contributed by atoms with E-state index >= 15 is 0 Å². The summed E-state index contributed by atoms with van der Waals surface area (Å²) in [5.41, 5.74) is 2.44. The summed E-state index contributed by atoms with van der Waals surface area (Å²) in [6, 6.07) is 6.63. The van der Waals surface area contributed by atoms with Crippen LogP contribution < -0.4 is 10.2 Å². The number of morpholine rings is 1. The van der Waals surface area contributed by atoms with Crippen molar-refractivity contribution in [1.29, 1.82) is 0 Å². The Morgan fingerprint density at radius 1 is 1.10 bits per heavy atom. The number of hydrogen-bond acceptors (Lipinski definition) is 8. The van der Waals surface area contributed by atoms with E-state index in [1.54, 1.807) is 0 Å². The normalized spacial score (nSPS) is 26.4. The zero-order chi connectivity index (χ0) is 28.9. The molecule has 11 nitrogen and oxygen atoms in total. The second kappa shape index (κ2) is 10.9. The summed E-state index contributed by atoms with van der Waals surface area (Å²) in [5.74, 6) is -0.297. The van der Waals surface area contributed by atoms with Crippen LogP contribution in [0, 0.1) is 5.92 Å². The molecule has 0 saturated carbocycles. The van der Waals surface area contributed by atoms with Gasteiger partial charge in [0, 0.05) is 51.6 Å². The van der Waals surface area contributed by atoms with Gasteiger partial charge in [-0.15, -0.1) is 0 Å². The van der Waals surface area contributed by atoms with E-state index in [1.807, 2.05) is 49.5 Å². The third-order valence-electron chi connectivity index (χ3n) is 8.94. The number of rotatable bonds is 4. The molecule has 222 valence electrons. The zero-order valence-electron chi connectivity index (χ0n) is 24.6. The van der Waals surface area contributed by atoms with Crippen molar-refractivity contribution in [2.45, 2.75) is 70.1 Å². The number of aryl methyl sites for hydroxylation is 1. The number of para-hydroxylation sites is 1. The molecule has 4 aliphatic heterocycles. The lowest BCUT2D eigenvalue weighted by molar-refractivity contribution is -0.134. The number of fused-ring (bicyclic) bond motifs is 3. The van der Waals surface area contributed by atoms with Gasteiger partial charge in [-0.25, -0.2) is 4.79 Å². The molecule has 3 unspecified atom stereocenters. The maximum atomic E-state index is 12.7. The van der Waals surface area contributed by atoms with E-state index in [2.05, 4.69) is 21.2 Å². The number of anilines is 1. The lowest BCUT2D eigenvalue weighted by Gasteiger charge is -2.51. The van der Waals surface area contributed by atoms with Crippen LogP contribution in [0.25, 0.3) is 10.9 Å². The minimum atomic E-state index is -0.500. The van der Waals surface area contributed by atoms with Crippen molar-refractivity contribution in [1.82, 2.24) is 24.9 Å². The van der Waals surface area contributed by atoms with Crippen LogP contribution in [-0.4, -0.2) is 101 Å². The van der Waals surface area contributed by atoms with Gasteiger partial charge in [0.05, 0.1) is 48.1 Å². The third kappa shape index (κ3) is 5.66. The van der Waals surface area contributed by atoms with Gasteiger partial charge in [0.15, 0.2) is 0 Å². The molecule has 4 fully saturated rings. The summed E-state index contributed by atoms with van der Waals surface area (Å²) >= 11 is 0. The minimum absolute atomic E-state index is 0.196. The number of piperidine rings is 2. The van der Waals surface area contributed by atoms with E-state index in [0.717, 1.165) is 54.8 Å². The Kier molecular flexibility index (Phi) is 7.44. The Balaban J connectivity index is 1.11. The molecule has 1 aromatic heterocycles. The third-order valence-corrected chi connectivity index (χ3v) is 8.94. The number of hydrogen-bond donors (Lipinski definition) is 1. The van der Waals surface area contributed by atoms with E-state index in [9.17, 15) is 14.4 Å². The van der Waals surface area contributed by atoms with E-state index in [0.29, 0.717) is 45.1 Å². The summed E-state index contributed by atoms with van der Waals surface area (Å²) in [5, 5.41) is 8.23. The molecule has 3 atom stereocenters. The second-order valence-electron chi connectivity index (χ2n) is 13.0. The van der Waals surface area contributed by atoms with E-state index in [1.165, 1.54) is 0 Å². The number of imide groups is 1. The average Bonchev–Trinajstić information content (AvgIpc) is 3.24. The predicted octanol–water partition coefficient (Wildman–Crippen LogP) is 2.63. The number of piperazine rings is 1. The van der Waals surface area contributed by atoms with Crippen LogP contribution in [0.4, 0.5) is 10.5 Å². The number of aromatic nitrogens is 2. The fourth-order valence-corrected chi connectivity index (χ4v) is 6.97. The van der Waals surface area contributed by atoms with Gasteiger partial charge in [0.2, 0.25) is 11.8 Å². The SMILES string of the molecule is Cn1nc(C2CCC(=O)NC2=O)c2cccc(N3CCC(CN4C5COCC4CN(C(=O)OC(C)(C)C)C5)CC3)c21. The molecule has 4 aliphatic rings. The van der Waals surface area contributed by atoms with Gasteiger partial charge in [-0.2, -0.15) is 5.10 Å². The zero-order valence-corrected chi connectivity index (χ0v) is 24.6. The van der Waals surface area contributed by atoms with Crippen molar-refractivity contribution in [3.8, 4) is 0 Å². The van der Waals surface area contributed by atoms with E-state index < -0.39 is 11.5 Å². The molecule has 1 aromatic carbocycles. The van der Waals surface area contributed by atoms with Crippen LogP contribution in [0.2, 0.25) is 0 Å². The number of ether oxygens (including phenoxy) is 2. The lowest BCUT2D eigenvalue weighted by atomic mass is 9.91. The predicted molar refractivity (Wildman–Crippen MR) is 154 cm³/mol. The first-order chi connectivity index (χ1) is 19.6. The largest absolute Gasteiger partial charge is 0.444 e. The minimum Gasteiger partial charge on any atom is -0.444 e. The molecule has 11 heteroatoms. The topological polar surface area (TPSA) is 109 Å². The molecule has 2 aromatic rings. The highest BCUT2D eigenvalue weighted by Crippen LogP contribution is 2.36. The number of carbonyl (C=O) groups excluding carboxylic acids is 3. The van der Waals surface area contributed by atoms with Crippen LogP contribution in [0.3, 0.4) is 0 Å². The quantitative estimate of drug-likeness (QED) is 0.563. The average molecular weight is 567 g/mol. The van der Waals surface area contributed by atoms with Gasteiger partial charge in [0.25, 0.3) is 0 Å². The Labute approximate surface area is 241 Å². The summed E-state index contributed by atoms with van der Waals surface area (Å²) < 4.78 is 13.4. The number of benzene rings is 1. The van der Waals surface area contributed by atoms with Gasteiger partial charge in [-0.3, -0.25) is 24.5 Å². The Morgan fingerprint density at radius 3 is 2.46 bits per heavy atom. The molecule has 1 N–H and O–H groups in total. The summed E-state index contributed by atoms with van der Waals surface area (Å²) in [7, 11) is 1.94. The number of amides is 3. The van der Waals surface area contributed by atoms with Crippen LogP contribution in [-0.2, 0) is 26.1 Å². The standard InChI is InChI=1S/C30H42N6O5/c1-30(2,3)41-29(39)35-15-20-17-40-18-21(16-35)36(20)14-19-10-12-34(13-11-19)24-7-5-6-22-26(32-33(4)27(22)24)23-8-9-25(37)31-28(23)38/h5-7,19-21,23H,8-18H2,1-4H3,(H,31,37,38). The highest BCUT2D eigenvalue weighted by molar-refractivity contribution is 6.03. The van der Waals surface area contributed by atoms with E-state index in [4.69, 9.17) is 14.6 Å². The van der Waals surface area contributed by atoms with Gasteiger partial charge < -0.3 is 19.3 Å². The fourth-order valence-electron chi connectivity index (χ4n) is 6.97. The molecular formula is C30H42N6O5. The first kappa shape index (κ1) is 28.0. The number of carbonyl (C=O) groups is 3.